The minimum absolute atomic E-state index is 0.0669. The second-order valence-electron chi connectivity index (χ2n) is 7.65. The Labute approximate surface area is 192 Å². The molecule has 1 N–H and O–H groups in total. The Morgan fingerprint density at radius 2 is 1.82 bits per heavy atom. The molecule has 1 amide bonds. The molecule has 11 heteroatoms. The van der Waals surface area contributed by atoms with E-state index in [1.165, 1.54) is 28.9 Å². The summed E-state index contributed by atoms with van der Waals surface area (Å²) in [5.41, 5.74) is 0.309. The van der Waals surface area contributed by atoms with E-state index in [-0.39, 0.29) is 11.3 Å². The third-order valence-electron chi connectivity index (χ3n) is 5.39. The lowest BCUT2D eigenvalue weighted by Gasteiger charge is -2.27. The molecule has 0 unspecified atom stereocenters. The Bertz CT molecular complexity index is 1350. The fourth-order valence-electron chi connectivity index (χ4n) is 3.69. The van der Waals surface area contributed by atoms with E-state index in [4.69, 9.17) is 4.74 Å². The molecule has 4 heterocycles. The molecule has 5 rings (SSSR count). The molecule has 0 atom stereocenters. The van der Waals surface area contributed by atoms with Gasteiger partial charge in [-0.1, -0.05) is 18.2 Å². The highest BCUT2D eigenvalue weighted by Gasteiger charge is 2.30. The maximum absolute atomic E-state index is 13.1. The summed E-state index contributed by atoms with van der Waals surface area (Å²) in [5.74, 6) is 0.586. The summed E-state index contributed by atoms with van der Waals surface area (Å²) in [6.07, 6.45) is -3.05. The molecule has 1 saturated heterocycles. The molecule has 0 radical (unpaired) electrons. The van der Waals surface area contributed by atoms with Crippen LogP contribution in [0.15, 0.2) is 60.8 Å². The molecule has 8 nitrogen and oxygen atoms in total. The first-order valence-corrected chi connectivity index (χ1v) is 10.5. The molecule has 1 fully saturated rings. The maximum Gasteiger partial charge on any atom is 0.416 e. The Morgan fingerprint density at radius 1 is 1.03 bits per heavy atom. The van der Waals surface area contributed by atoms with Crippen molar-refractivity contribution in [2.75, 3.05) is 36.5 Å². The number of ether oxygens (including phenoxy) is 1. The summed E-state index contributed by atoms with van der Waals surface area (Å²) in [6.45, 7) is 2.64. The lowest BCUT2D eigenvalue weighted by atomic mass is 10.1. The van der Waals surface area contributed by atoms with Crippen LogP contribution in [-0.4, -0.2) is 51.8 Å². The highest BCUT2D eigenvalue weighted by atomic mass is 19.4. The van der Waals surface area contributed by atoms with Crippen molar-refractivity contribution in [2.24, 2.45) is 0 Å². The van der Waals surface area contributed by atoms with Gasteiger partial charge < -0.3 is 15.0 Å². The van der Waals surface area contributed by atoms with Gasteiger partial charge in [0.2, 0.25) is 0 Å². The van der Waals surface area contributed by atoms with Gasteiger partial charge in [-0.05, 0) is 36.4 Å². The van der Waals surface area contributed by atoms with E-state index < -0.39 is 17.6 Å². The van der Waals surface area contributed by atoms with Crippen molar-refractivity contribution in [3.8, 4) is 11.3 Å². The van der Waals surface area contributed by atoms with Crippen molar-refractivity contribution in [3.05, 3.63) is 72.1 Å². The third kappa shape index (κ3) is 4.42. The monoisotopic (exact) mass is 468 g/mol. The van der Waals surface area contributed by atoms with E-state index in [2.05, 4.69) is 25.3 Å². The van der Waals surface area contributed by atoms with Gasteiger partial charge in [0.1, 0.15) is 17.3 Å². The topological polar surface area (TPSA) is 84.7 Å². The minimum Gasteiger partial charge on any atom is -0.378 e. The first kappa shape index (κ1) is 21.8. The summed E-state index contributed by atoms with van der Waals surface area (Å²) in [7, 11) is 0. The van der Waals surface area contributed by atoms with Gasteiger partial charge in [-0.25, -0.2) is 14.5 Å². The lowest BCUT2D eigenvalue weighted by molar-refractivity contribution is -0.137. The maximum atomic E-state index is 13.1. The van der Waals surface area contributed by atoms with Gasteiger partial charge in [-0.2, -0.15) is 18.3 Å². The fraction of sp³-hybridized carbons (Fsp3) is 0.217. The zero-order valence-electron chi connectivity index (χ0n) is 17.8. The number of imidazole rings is 1. The molecule has 1 aromatic carbocycles. The SMILES string of the molecule is O=C(Nc1cccc(N2CCOCC2)n1)c1ccc2ncc(-c3cccc(C(F)(F)F)c3)n2n1. The average molecular weight is 468 g/mol. The number of anilines is 2. The van der Waals surface area contributed by atoms with Crippen molar-refractivity contribution in [3.63, 3.8) is 0 Å². The number of hydrogen-bond acceptors (Lipinski definition) is 6. The van der Waals surface area contributed by atoms with Gasteiger partial charge >= 0.3 is 6.18 Å². The molecule has 0 bridgehead atoms. The number of rotatable bonds is 4. The van der Waals surface area contributed by atoms with Crippen LogP contribution < -0.4 is 10.2 Å². The molecular weight excluding hydrogens is 449 g/mol. The van der Waals surface area contributed by atoms with Crippen molar-refractivity contribution < 1.29 is 22.7 Å². The van der Waals surface area contributed by atoms with Crippen LogP contribution >= 0.6 is 0 Å². The van der Waals surface area contributed by atoms with Crippen LogP contribution in [0.4, 0.5) is 24.8 Å². The zero-order valence-corrected chi connectivity index (χ0v) is 17.8. The molecule has 0 spiro atoms. The number of alkyl halides is 3. The normalized spacial score (nSPS) is 14.4. The number of aromatic nitrogens is 4. The molecule has 4 aromatic rings. The standard InChI is InChI=1S/C23H19F3N6O2/c24-23(25,26)16-4-1-3-15(13-16)18-14-27-20-8-7-17(30-32(18)20)22(33)29-19-5-2-6-21(28-19)31-9-11-34-12-10-31/h1-8,13-14H,9-12H2,(H,28,29,33). The number of nitrogens with one attached hydrogen (secondary N) is 1. The highest BCUT2D eigenvalue weighted by Crippen LogP contribution is 2.32. The van der Waals surface area contributed by atoms with Crippen molar-refractivity contribution in [1.29, 1.82) is 0 Å². The van der Waals surface area contributed by atoms with Crippen molar-refractivity contribution in [1.82, 2.24) is 19.6 Å². The van der Waals surface area contributed by atoms with Gasteiger partial charge in [0.25, 0.3) is 5.91 Å². The number of benzene rings is 1. The fourth-order valence-corrected chi connectivity index (χ4v) is 3.69. The summed E-state index contributed by atoms with van der Waals surface area (Å²) in [5, 5.41) is 7.05. The Balaban J connectivity index is 1.41. The number of morpholine rings is 1. The van der Waals surface area contributed by atoms with Gasteiger partial charge in [-0.3, -0.25) is 4.79 Å². The van der Waals surface area contributed by atoms with E-state index >= 15 is 0 Å². The molecular formula is C23H19F3N6O2. The smallest absolute Gasteiger partial charge is 0.378 e. The van der Waals surface area contributed by atoms with Crippen LogP contribution in [0.5, 0.6) is 0 Å². The molecule has 34 heavy (non-hydrogen) atoms. The molecule has 174 valence electrons. The highest BCUT2D eigenvalue weighted by molar-refractivity contribution is 6.02. The Hall–Kier alpha value is -3.99. The van der Waals surface area contributed by atoms with Gasteiger partial charge in [-0.15, -0.1) is 0 Å². The summed E-state index contributed by atoms with van der Waals surface area (Å²) in [4.78, 5) is 23.6. The van der Waals surface area contributed by atoms with Crippen LogP contribution in [0, 0.1) is 0 Å². The van der Waals surface area contributed by atoms with E-state index in [1.807, 2.05) is 6.07 Å². The summed E-state index contributed by atoms with van der Waals surface area (Å²) >= 11 is 0. The molecule has 1 aliphatic heterocycles. The number of carbonyl (C=O) groups is 1. The first-order valence-electron chi connectivity index (χ1n) is 10.5. The molecule has 1 aliphatic rings. The van der Waals surface area contributed by atoms with E-state index in [0.717, 1.165) is 18.0 Å². The Kier molecular flexibility index (Phi) is 5.62. The Morgan fingerprint density at radius 3 is 2.62 bits per heavy atom. The minimum atomic E-state index is -4.47. The second-order valence-corrected chi connectivity index (χ2v) is 7.65. The molecule has 0 aliphatic carbocycles. The van der Waals surface area contributed by atoms with Crippen LogP contribution in [0.1, 0.15) is 16.1 Å². The second kappa shape index (κ2) is 8.75. The number of hydrogen-bond donors (Lipinski definition) is 1. The molecule has 0 saturated carbocycles. The first-order chi connectivity index (χ1) is 16.4. The average Bonchev–Trinajstić information content (AvgIpc) is 3.28. The van der Waals surface area contributed by atoms with Crippen LogP contribution in [0.25, 0.3) is 16.9 Å². The number of nitrogens with zero attached hydrogens (tertiary/aromatic N) is 5. The summed E-state index contributed by atoms with van der Waals surface area (Å²) < 4.78 is 46.1. The van der Waals surface area contributed by atoms with Crippen molar-refractivity contribution in [2.45, 2.75) is 6.18 Å². The predicted octanol–water partition coefficient (Wildman–Crippen LogP) is 3.90. The quantitative estimate of drug-likeness (QED) is 0.489. The summed E-state index contributed by atoms with van der Waals surface area (Å²) in [6, 6.07) is 13.3. The number of pyridine rings is 1. The molecule has 3 aromatic heterocycles. The number of fused-ring (bicyclic) bond motifs is 1. The van der Waals surface area contributed by atoms with Gasteiger partial charge in [0.15, 0.2) is 5.65 Å². The number of amides is 1. The largest absolute Gasteiger partial charge is 0.416 e. The van der Waals surface area contributed by atoms with E-state index in [0.29, 0.717) is 43.5 Å². The third-order valence-corrected chi connectivity index (χ3v) is 5.39. The van der Waals surface area contributed by atoms with Crippen LogP contribution in [0.2, 0.25) is 0 Å². The number of carbonyl (C=O) groups excluding carboxylic acids is 1. The van der Waals surface area contributed by atoms with Gasteiger partial charge in [0, 0.05) is 18.7 Å². The van der Waals surface area contributed by atoms with E-state index in [1.54, 1.807) is 18.2 Å². The van der Waals surface area contributed by atoms with Crippen molar-refractivity contribution >= 4 is 23.2 Å². The van der Waals surface area contributed by atoms with Gasteiger partial charge in [0.05, 0.1) is 30.7 Å². The predicted molar refractivity (Wildman–Crippen MR) is 119 cm³/mol. The zero-order chi connectivity index (χ0) is 23.7. The number of halogens is 3. The lowest BCUT2D eigenvalue weighted by Crippen LogP contribution is -2.36. The van der Waals surface area contributed by atoms with E-state index in [9.17, 15) is 18.0 Å². The van der Waals surface area contributed by atoms with Crippen LogP contribution in [-0.2, 0) is 10.9 Å². The van der Waals surface area contributed by atoms with Crippen LogP contribution in [0.3, 0.4) is 0 Å².